The topological polar surface area (TPSA) is 49.2 Å². The molecule has 7 heteroatoms. The van der Waals surface area contributed by atoms with Gasteiger partial charge < -0.3 is 9.47 Å². The number of nitrogens with zero attached hydrogens (tertiary/aromatic N) is 3. The van der Waals surface area contributed by atoms with Crippen LogP contribution >= 0.6 is 15.9 Å². The van der Waals surface area contributed by atoms with E-state index in [1.807, 2.05) is 10.7 Å². The molecule has 0 radical (unpaired) electrons. The van der Waals surface area contributed by atoms with Crippen LogP contribution in [0, 0.1) is 0 Å². The van der Waals surface area contributed by atoms with Crippen molar-refractivity contribution in [3.05, 3.63) is 16.7 Å². The van der Waals surface area contributed by atoms with Crippen molar-refractivity contribution < 1.29 is 9.47 Å². The van der Waals surface area contributed by atoms with Gasteiger partial charge in [-0.3, -0.25) is 0 Å². The molecule has 0 bridgehead atoms. The zero-order chi connectivity index (χ0) is 14.8. The molecule has 0 N–H and O–H groups in total. The van der Waals surface area contributed by atoms with Gasteiger partial charge in [0.25, 0.3) is 0 Å². The van der Waals surface area contributed by atoms with Crippen LogP contribution in [0.15, 0.2) is 16.7 Å². The van der Waals surface area contributed by atoms with Crippen molar-refractivity contribution in [2.24, 2.45) is 0 Å². The van der Waals surface area contributed by atoms with Gasteiger partial charge in [0, 0.05) is 14.7 Å². The van der Waals surface area contributed by atoms with Crippen LogP contribution < -0.4 is 4.74 Å². The van der Waals surface area contributed by atoms with Crippen LogP contribution in [0.3, 0.4) is 0 Å². The van der Waals surface area contributed by atoms with E-state index in [-0.39, 0.29) is 0 Å². The molecule has 0 atom stereocenters. The van der Waals surface area contributed by atoms with E-state index in [1.165, 1.54) is 0 Å². The van der Waals surface area contributed by atoms with Gasteiger partial charge in [0.15, 0.2) is 0 Å². The highest BCUT2D eigenvalue weighted by molar-refractivity contribution is 9.10. The van der Waals surface area contributed by atoms with Gasteiger partial charge in [0.05, 0.1) is 23.3 Å². The van der Waals surface area contributed by atoms with Crippen molar-refractivity contribution in [1.29, 1.82) is 0 Å². The summed E-state index contributed by atoms with van der Waals surface area (Å²) in [6.45, 7) is 8.25. The molecule has 0 aliphatic carbocycles. The number of hydrogen-bond donors (Lipinski definition) is 0. The van der Waals surface area contributed by atoms with Crippen LogP contribution in [0.4, 0.5) is 0 Å². The van der Waals surface area contributed by atoms with Crippen LogP contribution in [0.25, 0.3) is 11.0 Å². The van der Waals surface area contributed by atoms with Crippen molar-refractivity contribution in [2.45, 2.75) is 32.4 Å². The second kappa shape index (κ2) is 6.24. The maximum absolute atomic E-state index is 5.72. The Balaban J connectivity index is 2.06. The Labute approximate surface area is 128 Å². The van der Waals surface area contributed by atoms with Crippen LogP contribution in [0.5, 0.6) is 5.88 Å². The molecule has 0 aromatic carbocycles. The summed E-state index contributed by atoms with van der Waals surface area (Å²) >= 11 is 3.44. The summed E-state index contributed by atoms with van der Waals surface area (Å²) in [4.78, 5) is 4.38. The highest BCUT2D eigenvalue weighted by Crippen LogP contribution is 2.26. The lowest BCUT2D eigenvalue weighted by atomic mass is 10.4. The molecule has 0 amide bonds. The van der Waals surface area contributed by atoms with E-state index in [1.54, 1.807) is 13.3 Å². The predicted octanol–water partition coefficient (Wildman–Crippen LogP) is 3.51. The molecule has 20 heavy (non-hydrogen) atoms. The van der Waals surface area contributed by atoms with Crippen molar-refractivity contribution in [1.82, 2.24) is 14.8 Å². The molecule has 0 saturated carbocycles. The number of halogens is 1. The standard InChI is InChI=1S/C13H20BrN3O2Si/c1-18-13-10(14)7-12-11(16-13)8-15-17(12)9-19-5-6-20(2,3)4/h7-8H,5-6,9H2,1-4H3. The SMILES string of the molecule is COc1nc2cnn(COCC[Si](C)(C)C)c2cc1Br. The fourth-order valence-corrected chi connectivity index (χ4v) is 2.96. The maximum Gasteiger partial charge on any atom is 0.228 e. The van der Waals surface area contributed by atoms with E-state index in [9.17, 15) is 0 Å². The van der Waals surface area contributed by atoms with Gasteiger partial charge in [-0.2, -0.15) is 5.10 Å². The lowest BCUT2D eigenvalue weighted by molar-refractivity contribution is 0.0817. The van der Waals surface area contributed by atoms with Crippen molar-refractivity contribution >= 4 is 35.0 Å². The zero-order valence-electron chi connectivity index (χ0n) is 12.3. The molecule has 0 fully saturated rings. The Morgan fingerprint density at radius 1 is 1.35 bits per heavy atom. The summed E-state index contributed by atoms with van der Waals surface area (Å²) in [7, 11) is 0.555. The minimum Gasteiger partial charge on any atom is -0.480 e. The normalized spacial score (nSPS) is 12.1. The Kier molecular flexibility index (Phi) is 4.82. The molecule has 2 rings (SSSR count). The van der Waals surface area contributed by atoms with E-state index in [2.05, 4.69) is 45.7 Å². The highest BCUT2D eigenvalue weighted by atomic mass is 79.9. The largest absolute Gasteiger partial charge is 0.480 e. The predicted molar refractivity (Wildman–Crippen MR) is 85.9 cm³/mol. The van der Waals surface area contributed by atoms with Crippen molar-refractivity contribution in [2.75, 3.05) is 13.7 Å². The molecule has 2 heterocycles. The zero-order valence-corrected chi connectivity index (χ0v) is 14.9. The lowest BCUT2D eigenvalue weighted by Crippen LogP contribution is -2.22. The van der Waals surface area contributed by atoms with Gasteiger partial charge in [-0.05, 0) is 28.0 Å². The van der Waals surface area contributed by atoms with E-state index in [0.717, 1.165) is 28.2 Å². The number of rotatable bonds is 6. The first-order chi connectivity index (χ1) is 9.40. The third kappa shape index (κ3) is 3.80. The number of fused-ring (bicyclic) bond motifs is 1. The molecular formula is C13H20BrN3O2Si. The van der Waals surface area contributed by atoms with Gasteiger partial charge >= 0.3 is 0 Å². The Bertz CT molecular complexity index is 595. The first-order valence-electron chi connectivity index (χ1n) is 6.54. The number of ether oxygens (including phenoxy) is 2. The summed E-state index contributed by atoms with van der Waals surface area (Å²) in [6.07, 6.45) is 1.73. The summed E-state index contributed by atoms with van der Waals surface area (Å²) in [5.74, 6) is 0.566. The third-order valence-corrected chi connectivity index (χ3v) is 5.23. The van der Waals surface area contributed by atoms with Crippen molar-refractivity contribution in [3.63, 3.8) is 0 Å². The van der Waals surface area contributed by atoms with Gasteiger partial charge in [-0.15, -0.1) is 0 Å². The van der Waals surface area contributed by atoms with Gasteiger partial charge in [0.1, 0.15) is 12.2 Å². The summed E-state index contributed by atoms with van der Waals surface area (Å²) in [6, 6.07) is 3.11. The summed E-state index contributed by atoms with van der Waals surface area (Å²) in [5, 5.41) is 4.31. The fourth-order valence-electron chi connectivity index (χ4n) is 1.74. The molecule has 0 unspecified atom stereocenters. The third-order valence-electron chi connectivity index (χ3n) is 2.95. The van der Waals surface area contributed by atoms with Crippen molar-refractivity contribution in [3.8, 4) is 5.88 Å². The van der Waals surface area contributed by atoms with E-state index >= 15 is 0 Å². The molecule has 0 spiro atoms. The van der Waals surface area contributed by atoms with E-state index < -0.39 is 8.07 Å². The van der Waals surface area contributed by atoms with Crippen LogP contribution in [0.2, 0.25) is 25.7 Å². The smallest absolute Gasteiger partial charge is 0.228 e. The van der Waals surface area contributed by atoms with Crippen LogP contribution in [0.1, 0.15) is 0 Å². The first kappa shape index (κ1) is 15.5. The quantitative estimate of drug-likeness (QED) is 0.586. The molecular weight excluding hydrogens is 338 g/mol. The molecule has 2 aromatic heterocycles. The fraction of sp³-hybridized carbons (Fsp3) is 0.538. The van der Waals surface area contributed by atoms with Crippen LogP contribution in [-0.4, -0.2) is 36.6 Å². The van der Waals surface area contributed by atoms with Gasteiger partial charge in [0.2, 0.25) is 5.88 Å². The lowest BCUT2D eigenvalue weighted by Gasteiger charge is -2.15. The number of methoxy groups -OCH3 is 1. The minimum absolute atomic E-state index is 0.453. The molecule has 0 saturated heterocycles. The Morgan fingerprint density at radius 2 is 2.10 bits per heavy atom. The Morgan fingerprint density at radius 3 is 2.75 bits per heavy atom. The molecule has 2 aromatic rings. The van der Waals surface area contributed by atoms with Crippen LogP contribution in [-0.2, 0) is 11.5 Å². The Hall–Kier alpha value is -0.923. The molecule has 5 nitrogen and oxygen atoms in total. The second-order valence-corrected chi connectivity index (χ2v) is 12.4. The molecule has 110 valence electrons. The molecule has 0 aliphatic heterocycles. The second-order valence-electron chi connectivity index (χ2n) is 5.88. The van der Waals surface area contributed by atoms with Gasteiger partial charge in [-0.25, -0.2) is 9.67 Å². The first-order valence-corrected chi connectivity index (χ1v) is 11.0. The minimum atomic E-state index is -1.05. The average Bonchev–Trinajstić information content (AvgIpc) is 2.75. The number of pyridine rings is 1. The van der Waals surface area contributed by atoms with Gasteiger partial charge in [-0.1, -0.05) is 19.6 Å². The van der Waals surface area contributed by atoms with E-state index in [0.29, 0.717) is 12.6 Å². The number of hydrogen-bond acceptors (Lipinski definition) is 4. The monoisotopic (exact) mass is 357 g/mol. The summed E-state index contributed by atoms with van der Waals surface area (Å²) < 4.78 is 13.5. The highest BCUT2D eigenvalue weighted by Gasteiger charge is 2.13. The maximum atomic E-state index is 5.72. The number of aromatic nitrogens is 3. The van der Waals surface area contributed by atoms with E-state index in [4.69, 9.17) is 9.47 Å². The molecule has 0 aliphatic rings. The average molecular weight is 358 g/mol. The summed E-state index contributed by atoms with van der Waals surface area (Å²) in [5.41, 5.74) is 1.74.